The van der Waals surface area contributed by atoms with Gasteiger partial charge in [0, 0.05) is 17.1 Å². The molecule has 1 aliphatic rings. The van der Waals surface area contributed by atoms with Crippen molar-refractivity contribution in [2.45, 2.75) is 25.8 Å². The summed E-state index contributed by atoms with van der Waals surface area (Å²) in [5.41, 5.74) is 3.49. The van der Waals surface area contributed by atoms with Crippen LogP contribution in [0.1, 0.15) is 30.1 Å². The van der Waals surface area contributed by atoms with Gasteiger partial charge >= 0.3 is 0 Å². The summed E-state index contributed by atoms with van der Waals surface area (Å²) in [5.74, 6) is 0.896. The van der Waals surface area contributed by atoms with Crippen LogP contribution in [0.4, 0.5) is 0 Å². The molecular formula is C15H18N2O. The smallest absolute Gasteiger partial charge is 0.119 e. The zero-order valence-corrected chi connectivity index (χ0v) is 10.9. The average Bonchev–Trinajstić information content (AvgIpc) is 2.91. The molecule has 1 N–H and O–H groups in total. The highest BCUT2D eigenvalue weighted by Gasteiger charge is 2.19. The van der Waals surface area contributed by atoms with Gasteiger partial charge in [-0.15, -0.1) is 0 Å². The number of methoxy groups -OCH3 is 1. The maximum absolute atomic E-state index is 5.32. The van der Waals surface area contributed by atoms with Crippen molar-refractivity contribution in [1.29, 1.82) is 0 Å². The van der Waals surface area contributed by atoms with E-state index in [2.05, 4.69) is 29.4 Å². The fourth-order valence-electron chi connectivity index (χ4n) is 2.73. The molecule has 1 saturated heterocycles. The molecule has 0 amide bonds. The normalized spacial score (nSPS) is 19.3. The van der Waals surface area contributed by atoms with Crippen LogP contribution >= 0.6 is 0 Å². The molecule has 0 saturated carbocycles. The van der Waals surface area contributed by atoms with Gasteiger partial charge in [0.15, 0.2) is 0 Å². The van der Waals surface area contributed by atoms with E-state index in [9.17, 15) is 0 Å². The molecule has 0 aliphatic carbocycles. The maximum Gasteiger partial charge on any atom is 0.119 e. The Morgan fingerprint density at radius 3 is 2.94 bits per heavy atom. The number of nitrogens with zero attached hydrogens (tertiary/aromatic N) is 1. The highest BCUT2D eigenvalue weighted by atomic mass is 16.5. The lowest BCUT2D eigenvalue weighted by atomic mass is 9.99. The first-order valence-corrected chi connectivity index (χ1v) is 6.46. The number of fused-ring (bicyclic) bond motifs is 1. The van der Waals surface area contributed by atoms with E-state index < -0.39 is 0 Å². The fourth-order valence-corrected chi connectivity index (χ4v) is 2.73. The summed E-state index contributed by atoms with van der Waals surface area (Å²) in [6.45, 7) is 3.17. The van der Waals surface area contributed by atoms with Gasteiger partial charge in [0.25, 0.3) is 0 Å². The minimum Gasteiger partial charge on any atom is -0.497 e. The van der Waals surface area contributed by atoms with E-state index >= 15 is 0 Å². The molecule has 1 aliphatic heterocycles. The summed E-state index contributed by atoms with van der Waals surface area (Å²) in [5, 5.41) is 4.77. The number of rotatable bonds is 2. The lowest BCUT2D eigenvalue weighted by Crippen LogP contribution is -2.13. The molecule has 1 aromatic heterocycles. The Labute approximate surface area is 107 Å². The van der Waals surface area contributed by atoms with E-state index in [1.165, 1.54) is 23.8 Å². The molecule has 3 rings (SSSR count). The molecular weight excluding hydrogens is 224 g/mol. The number of ether oxygens (including phenoxy) is 1. The largest absolute Gasteiger partial charge is 0.497 e. The van der Waals surface area contributed by atoms with Crippen LogP contribution in [0, 0.1) is 6.92 Å². The van der Waals surface area contributed by atoms with E-state index in [1.54, 1.807) is 7.11 Å². The van der Waals surface area contributed by atoms with Gasteiger partial charge in [0.1, 0.15) is 5.75 Å². The van der Waals surface area contributed by atoms with Crippen molar-refractivity contribution in [1.82, 2.24) is 10.3 Å². The second-order valence-electron chi connectivity index (χ2n) is 4.88. The summed E-state index contributed by atoms with van der Waals surface area (Å²) in [7, 11) is 1.70. The first kappa shape index (κ1) is 11.5. The lowest BCUT2D eigenvalue weighted by molar-refractivity contribution is 0.415. The summed E-state index contributed by atoms with van der Waals surface area (Å²) in [6, 6.07) is 8.77. The summed E-state index contributed by atoms with van der Waals surface area (Å²) in [6.07, 6.45) is 2.45. The first-order chi connectivity index (χ1) is 8.78. The van der Waals surface area contributed by atoms with Gasteiger partial charge in [-0.1, -0.05) is 0 Å². The minimum absolute atomic E-state index is 0.460. The topological polar surface area (TPSA) is 34.1 Å². The molecule has 1 unspecified atom stereocenters. The number of aryl methyl sites for hydroxylation is 1. The number of benzene rings is 1. The molecule has 1 fully saturated rings. The Morgan fingerprint density at radius 2 is 2.22 bits per heavy atom. The zero-order chi connectivity index (χ0) is 12.5. The second-order valence-corrected chi connectivity index (χ2v) is 4.88. The van der Waals surface area contributed by atoms with Gasteiger partial charge in [-0.25, -0.2) is 0 Å². The molecule has 0 bridgehead atoms. The molecule has 2 aromatic rings. The van der Waals surface area contributed by atoms with E-state index in [0.717, 1.165) is 23.5 Å². The van der Waals surface area contributed by atoms with Crippen molar-refractivity contribution in [2.24, 2.45) is 0 Å². The Bertz CT molecular complexity index is 574. The molecule has 3 nitrogen and oxygen atoms in total. The van der Waals surface area contributed by atoms with Crippen LogP contribution in [0.25, 0.3) is 10.9 Å². The molecule has 1 aromatic carbocycles. The Kier molecular flexibility index (Phi) is 2.92. The molecule has 2 heterocycles. The number of pyridine rings is 1. The minimum atomic E-state index is 0.460. The fraction of sp³-hybridized carbons (Fsp3) is 0.400. The molecule has 94 valence electrons. The van der Waals surface area contributed by atoms with Gasteiger partial charge in [-0.05, 0) is 56.1 Å². The number of hydrogen-bond acceptors (Lipinski definition) is 3. The van der Waals surface area contributed by atoms with Crippen LogP contribution in [0.2, 0.25) is 0 Å². The summed E-state index contributed by atoms with van der Waals surface area (Å²) < 4.78 is 5.32. The average molecular weight is 242 g/mol. The third-order valence-corrected chi connectivity index (χ3v) is 3.61. The van der Waals surface area contributed by atoms with Crippen LogP contribution < -0.4 is 10.1 Å². The predicted molar refractivity (Wildman–Crippen MR) is 73.0 cm³/mol. The Balaban J connectivity index is 2.20. The van der Waals surface area contributed by atoms with Crippen molar-refractivity contribution in [3.63, 3.8) is 0 Å². The van der Waals surface area contributed by atoms with Crippen LogP contribution in [0.3, 0.4) is 0 Å². The zero-order valence-electron chi connectivity index (χ0n) is 10.9. The van der Waals surface area contributed by atoms with Crippen LogP contribution in [-0.2, 0) is 0 Å². The van der Waals surface area contributed by atoms with Crippen molar-refractivity contribution in [3.8, 4) is 5.75 Å². The third kappa shape index (κ3) is 1.95. The van der Waals surface area contributed by atoms with Crippen LogP contribution in [0.15, 0.2) is 24.3 Å². The molecule has 3 heteroatoms. The molecule has 0 spiro atoms. The van der Waals surface area contributed by atoms with Crippen LogP contribution in [0.5, 0.6) is 5.75 Å². The highest BCUT2D eigenvalue weighted by Crippen LogP contribution is 2.31. The highest BCUT2D eigenvalue weighted by molar-refractivity contribution is 5.84. The SMILES string of the molecule is COc1ccc2nc(C)cc(C3CCCN3)c2c1. The molecule has 1 atom stereocenters. The number of aromatic nitrogens is 1. The Hall–Kier alpha value is -1.61. The van der Waals surface area contributed by atoms with Crippen molar-refractivity contribution in [3.05, 3.63) is 35.5 Å². The van der Waals surface area contributed by atoms with Crippen molar-refractivity contribution < 1.29 is 4.74 Å². The van der Waals surface area contributed by atoms with Crippen molar-refractivity contribution in [2.75, 3.05) is 13.7 Å². The van der Waals surface area contributed by atoms with E-state index in [4.69, 9.17) is 4.74 Å². The van der Waals surface area contributed by atoms with Crippen molar-refractivity contribution >= 4 is 10.9 Å². The standard InChI is InChI=1S/C15H18N2O/c1-10-8-12(14-4-3-7-16-14)13-9-11(18-2)5-6-15(13)17-10/h5-6,8-9,14,16H,3-4,7H2,1-2H3. The van der Waals surface area contributed by atoms with E-state index in [0.29, 0.717) is 6.04 Å². The monoisotopic (exact) mass is 242 g/mol. The Morgan fingerprint density at radius 1 is 1.33 bits per heavy atom. The number of hydrogen-bond donors (Lipinski definition) is 1. The van der Waals surface area contributed by atoms with Gasteiger partial charge in [0.05, 0.1) is 12.6 Å². The van der Waals surface area contributed by atoms with Gasteiger partial charge in [-0.3, -0.25) is 4.98 Å². The molecule has 18 heavy (non-hydrogen) atoms. The quantitative estimate of drug-likeness (QED) is 0.879. The van der Waals surface area contributed by atoms with Gasteiger partial charge in [-0.2, -0.15) is 0 Å². The maximum atomic E-state index is 5.32. The number of nitrogens with one attached hydrogen (secondary N) is 1. The van der Waals surface area contributed by atoms with E-state index in [-0.39, 0.29) is 0 Å². The third-order valence-electron chi connectivity index (χ3n) is 3.61. The second kappa shape index (κ2) is 4.58. The van der Waals surface area contributed by atoms with Gasteiger partial charge < -0.3 is 10.1 Å². The summed E-state index contributed by atoms with van der Waals surface area (Å²) in [4.78, 5) is 4.60. The van der Waals surface area contributed by atoms with Crippen LogP contribution in [-0.4, -0.2) is 18.6 Å². The summed E-state index contributed by atoms with van der Waals surface area (Å²) >= 11 is 0. The first-order valence-electron chi connectivity index (χ1n) is 6.46. The predicted octanol–water partition coefficient (Wildman–Crippen LogP) is 2.98. The van der Waals surface area contributed by atoms with E-state index in [1.807, 2.05) is 12.1 Å². The molecule has 0 radical (unpaired) electrons. The lowest BCUT2D eigenvalue weighted by Gasteiger charge is -2.15. The van der Waals surface area contributed by atoms with Gasteiger partial charge in [0.2, 0.25) is 0 Å².